The molecule has 20 heavy (non-hydrogen) atoms. The fraction of sp³-hybridized carbons (Fsp3) is 0.286. The summed E-state index contributed by atoms with van der Waals surface area (Å²) in [7, 11) is 0. The number of benzene rings is 1. The molecule has 1 aromatic rings. The van der Waals surface area contributed by atoms with Crippen LogP contribution >= 0.6 is 0 Å². The predicted octanol–water partition coefficient (Wildman–Crippen LogP) is 3.53. The molecule has 0 unspecified atom stereocenters. The summed E-state index contributed by atoms with van der Waals surface area (Å²) in [5, 5.41) is 8.51. The summed E-state index contributed by atoms with van der Waals surface area (Å²) in [5.41, 5.74) is 0.778. The first-order valence-corrected chi connectivity index (χ1v) is 5.78. The zero-order valence-corrected chi connectivity index (χ0v) is 10.5. The Labute approximate surface area is 114 Å². The third kappa shape index (κ3) is 5.44. The molecule has 0 heterocycles. The van der Waals surface area contributed by atoms with E-state index in [-0.39, 0.29) is 12.4 Å². The van der Waals surface area contributed by atoms with E-state index in [2.05, 4.69) is 4.74 Å². The van der Waals surface area contributed by atoms with Crippen molar-refractivity contribution < 1.29 is 27.4 Å². The molecule has 0 bridgehead atoms. The van der Waals surface area contributed by atoms with Gasteiger partial charge in [0, 0.05) is 0 Å². The van der Waals surface area contributed by atoms with Crippen LogP contribution < -0.4 is 4.74 Å². The highest BCUT2D eigenvalue weighted by Crippen LogP contribution is 2.24. The van der Waals surface area contributed by atoms with Crippen LogP contribution in [0.2, 0.25) is 0 Å². The van der Waals surface area contributed by atoms with E-state index in [0.717, 1.165) is 5.56 Å². The molecule has 0 radical (unpaired) electrons. The van der Waals surface area contributed by atoms with E-state index >= 15 is 0 Å². The van der Waals surface area contributed by atoms with Gasteiger partial charge < -0.3 is 9.84 Å². The van der Waals surface area contributed by atoms with Gasteiger partial charge in [-0.1, -0.05) is 36.4 Å². The summed E-state index contributed by atoms with van der Waals surface area (Å²) in [6.07, 6.45) is 2.86. The Morgan fingerprint density at radius 3 is 2.35 bits per heavy atom. The number of rotatable bonds is 7. The van der Waals surface area contributed by atoms with Gasteiger partial charge in [0.15, 0.2) is 6.61 Å². The van der Waals surface area contributed by atoms with Gasteiger partial charge in [0.1, 0.15) is 5.75 Å². The Morgan fingerprint density at radius 2 is 1.80 bits per heavy atom. The normalized spacial score (nSPS) is 12.7. The van der Waals surface area contributed by atoms with E-state index in [1.165, 1.54) is 12.1 Å². The van der Waals surface area contributed by atoms with Crippen LogP contribution in [-0.4, -0.2) is 30.7 Å². The van der Waals surface area contributed by atoms with E-state index < -0.39 is 19.0 Å². The minimum atomic E-state index is -4.16. The molecule has 1 aromatic carbocycles. The summed E-state index contributed by atoms with van der Waals surface area (Å²) >= 11 is 0. The van der Waals surface area contributed by atoms with Gasteiger partial charge in [0.25, 0.3) is 0 Å². The van der Waals surface area contributed by atoms with E-state index in [1.807, 2.05) is 0 Å². The molecule has 1 N–H and O–H groups in total. The molecule has 0 aliphatic carbocycles. The minimum Gasteiger partial charge on any atom is -0.487 e. The SMILES string of the molecule is OCC=CC=Cc1ccc(OCC(F)(F)C(F)F)cc1. The Bertz CT molecular complexity index is 453. The van der Waals surface area contributed by atoms with Gasteiger partial charge in [-0.2, -0.15) is 8.78 Å². The number of aliphatic hydroxyl groups is 1. The van der Waals surface area contributed by atoms with Crippen LogP contribution in [0, 0.1) is 0 Å². The van der Waals surface area contributed by atoms with Crippen molar-refractivity contribution in [2.45, 2.75) is 12.3 Å². The van der Waals surface area contributed by atoms with E-state index in [1.54, 1.807) is 36.4 Å². The molecule has 6 heteroatoms. The summed E-state index contributed by atoms with van der Waals surface area (Å²) in [6, 6.07) is 6.02. The smallest absolute Gasteiger partial charge is 0.340 e. The van der Waals surface area contributed by atoms with Crippen molar-refractivity contribution in [2.75, 3.05) is 13.2 Å². The third-order valence-corrected chi connectivity index (χ3v) is 2.27. The predicted molar refractivity (Wildman–Crippen MR) is 68.1 cm³/mol. The van der Waals surface area contributed by atoms with Crippen LogP contribution in [0.3, 0.4) is 0 Å². The lowest BCUT2D eigenvalue weighted by Gasteiger charge is -2.15. The van der Waals surface area contributed by atoms with Gasteiger partial charge in [0.2, 0.25) is 0 Å². The largest absolute Gasteiger partial charge is 0.487 e. The fourth-order valence-corrected chi connectivity index (χ4v) is 1.22. The van der Waals surface area contributed by atoms with E-state index in [4.69, 9.17) is 5.11 Å². The summed E-state index contributed by atoms with van der Waals surface area (Å²) in [5.74, 6) is -4.07. The Kier molecular flexibility index (Phi) is 6.24. The quantitative estimate of drug-likeness (QED) is 0.615. The lowest BCUT2D eigenvalue weighted by Crippen LogP contribution is -2.33. The molecule has 0 aliphatic rings. The molecular weight excluding hydrogens is 276 g/mol. The van der Waals surface area contributed by atoms with Crippen LogP contribution in [-0.2, 0) is 0 Å². The van der Waals surface area contributed by atoms with Gasteiger partial charge in [-0.05, 0) is 17.7 Å². The van der Waals surface area contributed by atoms with Gasteiger partial charge in [-0.25, -0.2) is 8.78 Å². The first-order valence-electron chi connectivity index (χ1n) is 5.78. The molecule has 0 atom stereocenters. The Hall–Kier alpha value is -1.82. The van der Waals surface area contributed by atoms with Crippen molar-refractivity contribution in [2.24, 2.45) is 0 Å². The zero-order chi connectivity index (χ0) is 15.0. The van der Waals surface area contributed by atoms with Crippen LogP contribution in [0.25, 0.3) is 6.08 Å². The minimum absolute atomic E-state index is 0.0601. The van der Waals surface area contributed by atoms with Crippen molar-refractivity contribution in [1.82, 2.24) is 0 Å². The summed E-state index contributed by atoms with van der Waals surface area (Å²) in [4.78, 5) is 0. The molecule has 0 aliphatic heterocycles. The van der Waals surface area contributed by atoms with Crippen LogP contribution in [0.1, 0.15) is 5.56 Å². The second-order valence-corrected chi connectivity index (χ2v) is 3.89. The molecule has 110 valence electrons. The summed E-state index contributed by atoms with van der Waals surface area (Å²) in [6.45, 7) is -1.42. The maximum absolute atomic E-state index is 12.6. The molecule has 0 saturated heterocycles. The van der Waals surface area contributed by atoms with Crippen molar-refractivity contribution in [3.05, 3.63) is 48.1 Å². The van der Waals surface area contributed by atoms with Crippen molar-refractivity contribution in [3.63, 3.8) is 0 Å². The van der Waals surface area contributed by atoms with Gasteiger partial charge >= 0.3 is 12.3 Å². The number of alkyl halides is 4. The molecule has 1 rings (SSSR count). The zero-order valence-electron chi connectivity index (χ0n) is 10.5. The number of aliphatic hydroxyl groups excluding tert-OH is 1. The second kappa shape index (κ2) is 7.69. The number of hydrogen-bond acceptors (Lipinski definition) is 2. The van der Waals surface area contributed by atoms with Crippen molar-refractivity contribution in [1.29, 1.82) is 0 Å². The molecule has 2 nitrogen and oxygen atoms in total. The number of ether oxygens (including phenoxy) is 1. The highest BCUT2D eigenvalue weighted by atomic mass is 19.3. The lowest BCUT2D eigenvalue weighted by atomic mass is 10.2. The van der Waals surface area contributed by atoms with Crippen molar-refractivity contribution in [3.8, 4) is 5.75 Å². The maximum Gasteiger partial charge on any atom is 0.340 e. The lowest BCUT2D eigenvalue weighted by molar-refractivity contribution is -0.148. The van der Waals surface area contributed by atoms with Crippen LogP contribution in [0.4, 0.5) is 17.6 Å². The number of hydrogen-bond donors (Lipinski definition) is 1. The molecule has 0 spiro atoms. The Morgan fingerprint density at radius 1 is 1.15 bits per heavy atom. The number of allylic oxidation sites excluding steroid dienone is 2. The first-order chi connectivity index (χ1) is 9.45. The fourth-order valence-electron chi connectivity index (χ4n) is 1.22. The van der Waals surface area contributed by atoms with Gasteiger partial charge in [0.05, 0.1) is 6.61 Å². The second-order valence-electron chi connectivity index (χ2n) is 3.89. The van der Waals surface area contributed by atoms with Crippen LogP contribution in [0.5, 0.6) is 5.75 Å². The standard InChI is InChI=1S/C14H14F4O2/c15-13(16)14(17,18)10-20-12-7-5-11(6-8-12)4-2-1-3-9-19/h1-8,13,19H,9-10H2. The number of halogens is 4. The maximum atomic E-state index is 12.6. The topological polar surface area (TPSA) is 29.5 Å². The average Bonchev–Trinajstić information content (AvgIpc) is 2.42. The highest BCUT2D eigenvalue weighted by Gasteiger charge is 2.41. The van der Waals surface area contributed by atoms with E-state index in [9.17, 15) is 17.6 Å². The van der Waals surface area contributed by atoms with E-state index in [0.29, 0.717) is 0 Å². The summed E-state index contributed by atoms with van der Waals surface area (Å²) < 4.78 is 53.7. The monoisotopic (exact) mass is 290 g/mol. The molecular formula is C14H14F4O2. The third-order valence-electron chi connectivity index (χ3n) is 2.27. The highest BCUT2D eigenvalue weighted by molar-refractivity contribution is 5.52. The molecule has 0 aromatic heterocycles. The van der Waals surface area contributed by atoms with Gasteiger partial charge in [-0.3, -0.25) is 0 Å². The average molecular weight is 290 g/mol. The molecule has 0 amide bonds. The Balaban J connectivity index is 2.55. The first kappa shape index (κ1) is 16.2. The van der Waals surface area contributed by atoms with Crippen LogP contribution in [0.15, 0.2) is 42.5 Å². The molecule has 0 saturated carbocycles. The molecule has 0 fully saturated rings. The van der Waals surface area contributed by atoms with Gasteiger partial charge in [-0.15, -0.1) is 0 Å². The van der Waals surface area contributed by atoms with Crippen molar-refractivity contribution >= 4 is 6.08 Å².